The maximum atomic E-state index is 15.8. The zero-order valence-electron chi connectivity index (χ0n) is 58.2. The Morgan fingerprint density at radius 1 is 0.471 bits per heavy atom. The molecule has 5 rings (SSSR count). The highest BCUT2D eigenvalue weighted by molar-refractivity contribution is 5.99. The molecule has 5 saturated heterocycles. The maximum absolute atomic E-state index is 15.8. The van der Waals surface area contributed by atoms with E-state index in [1.165, 1.54) is 25.7 Å². The minimum Gasteiger partial charge on any atom is -0.394 e. The van der Waals surface area contributed by atoms with Crippen molar-refractivity contribution in [2.24, 2.45) is 11.7 Å². The number of likely N-dealkylation sites (tertiary alicyclic amines) is 2. The van der Waals surface area contributed by atoms with E-state index in [0.717, 1.165) is 46.4 Å². The summed E-state index contributed by atoms with van der Waals surface area (Å²) in [6.45, 7) is 7.86. The smallest absolute Gasteiger partial charge is 0.248 e. The summed E-state index contributed by atoms with van der Waals surface area (Å²) in [6.07, 6.45) is -28.6. The van der Waals surface area contributed by atoms with Crippen LogP contribution in [0.1, 0.15) is 101 Å². The van der Waals surface area contributed by atoms with Crippen molar-refractivity contribution in [3.05, 3.63) is 0 Å². The Morgan fingerprint density at radius 2 is 0.814 bits per heavy atom. The van der Waals surface area contributed by atoms with Crippen molar-refractivity contribution in [3.63, 3.8) is 0 Å². The number of rotatable bonds is 33. The minimum atomic E-state index is -2.29. The summed E-state index contributed by atoms with van der Waals surface area (Å²) in [6, 6.07) is -19.4. The highest BCUT2D eigenvalue weighted by Gasteiger charge is 2.53. The van der Waals surface area contributed by atoms with Gasteiger partial charge in [0.1, 0.15) is 121 Å². The van der Waals surface area contributed by atoms with Crippen molar-refractivity contribution >= 4 is 70.9 Å². The number of carbonyl (C=O) groups excluding carboxylic acids is 12. The molecule has 22 N–H and O–H groups in total. The number of hydrogen-bond acceptors (Lipinski definition) is 29. The average Bonchev–Trinajstić information content (AvgIpc) is 1.05. The van der Waals surface area contributed by atoms with Crippen LogP contribution in [0.2, 0.25) is 0 Å². The summed E-state index contributed by atoms with van der Waals surface area (Å²) in [4.78, 5) is 168. The van der Waals surface area contributed by atoms with E-state index in [-0.39, 0.29) is 38.8 Å². The van der Waals surface area contributed by atoms with Crippen molar-refractivity contribution in [3.8, 4) is 0 Å². The molecule has 0 radical (unpaired) electrons. The van der Waals surface area contributed by atoms with Gasteiger partial charge in [-0.1, -0.05) is 20.3 Å². The molecule has 102 heavy (non-hydrogen) atoms. The summed E-state index contributed by atoms with van der Waals surface area (Å²) >= 11 is 0. The summed E-state index contributed by atoms with van der Waals surface area (Å²) in [7, 11) is 0. The number of nitrogens with zero attached hydrogens (tertiary/aromatic N) is 2. The standard InChI is InChI=1S/C61H102N12O29/c1-11-22(2)37(55(93)66-31(18-74)52(90)68-38(23(3)78)51(62)89)67-54(92)33-15-13-17-73(33)58(96)41(26(6)99-61-44(65-29(9)81)50(88)47(85)36(21-77)102-61)71-57(95)40(25(5)98-60-43(64-28(8)80)49(87)46(84)35(20-76)101-60)70-56(94)39(69-53(91)32-14-12-16-72(32)30(10)82)24(4)97-59-42(63-27(7)79)48(86)45(83)34(19-75)100-59/h22-26,31-50,59-61,74-78,83-88H,11-21H2,1-10H3,(H2,62,89)(H,63,79)(H,64,80)(H,65,81)(H,66,93)(H,67,92)(H,68,90)(H,69,91)(H,70,94)(H,71,95)/t22-,23+,24+,25+,26+,31-,32-,33-,34+,35+,36+,37-,38-,39-,40-,41-,42+,43+,44+,45-,46-,47-,48+,49+,50+,59-,60-,61-/m0/s1. The molecule has 41 nitrogen and oxygen atoms in total. The van der Waals surface area contributed by atoms with Crippen LogP contribution in [-0.2, 0) is 86.0 Å². The number of aliphatic hydroxyl groups is 11. The third-order valence-electron chi connectivity index (χ3n) is 18.4. The lowest BCUT2D eigenvalue weighted by molar-refractivity contribution is -0.283. The Hall–Kier alpha value is -7.04. The molecule has 0 saturated carbocycles. The van der Waals surface area contributed by atoms with Gasteiger partial charge in [-0.05, 0) is 59.3 Å². The second-order valence-electron chi connectivity index (χ2n) is 26.1. The average molecular weight is 1470 g/mol. The van der Waals surface area contributed by atoms with Gasteiger partial charge in [-0.3, -0.25) is 57.5 Å². The summed E-state index contributed by atoms with van der Waals surface area (Å²) in [5.41, 5.74) is 5.32. The molecule has 0 bridgehead atoms. The van der Waals surface area contributed by atoms with Crippen LogP contribution in [0.25, 0.3) is 0 Å². The molecule has 41 heteroatoms. The Balaban J connectivity index is 1.66. The zero-order chi connectivity index (χ0) is 76.6. The van der Waals surface area contributed by atoms with E-state index in [2.05, 4.69) is 47.9 Å². The predicted molar refractivity (Wildman–Crippen MR) is 342 cm³/mol. The molecule has 12 amide bonds. The van der Waals surface area contributed by atoms with E-state index in [9.17, 15) is 99.3 Å². The molecule has 0 aromatic rings. The molecule has 0 unspecified atom stereocenters. The van der Waals surface area contributed by atoms with E-state index in [4.69, 9.17) is 34.2 Å². The van der Waals surface area contributed by atoms with Crippen molar-refractivity contribution in [1.82, 2.24) is 57.7 Å². The van der Waals surface area contributed by atoms with Crippen LogP contribution in [-0.4, -0.2) is 341 Å². The van der Waals surface area contributed by atoms with Gasteiger partial charge in [0.2, 0.25) is 70.9 Å². The lowest BCUT2D eigenvalue weighted by Gasteiger charge is -2.44. The van der Waals surface area contributed by atoms with Crippen molar-refractivity contribution < 1.29 is 142 Å². The number of carbonyl (C=O) groups is 12. The van der Waals surface area contributed by atoms with Crippen molar-refractivity contribution in [1.29, 1.82) is 0 Å². The van der Waals surface area contributed by atoms with Crippen LogP contribution in [0, 0.1) is 5.92 Å². The molecule has 5 aliphatic heterocycles. The maximum Gasteiger partial charge on any atom is 0.248 e. The van der Waals surface area contributed by atoms with Gasteiger partial charge in [0.15, 0.2) is 18.9 Å². The van der Waals surface area contributed by atoms with Gasteiger partial charge in [0, 0.05) is 40.8 Å². The van der Waals surface area contributed by atoms with E-state index in [1.54, 1.807) is 6.92 Å². The molecule has 0 aliphatic carbocycles. The number of amides is 12. The lowest BCUT2D eigenvalue weighted by atomic mass is 9.96. The van der Waals surface area contributed by atoms with Gasteiger partial charge in [0.25, 0.3) is 0 Å². The molecule has 0 aromatic heterocycles. The van der Waals surface area contributed by atoms with E-state index in [0.29, 0.717) is 6.42 Å². The van der Waals surface area contributed by atoms with E-state index in [1.807, 2.05) is 0 Å². The number of hydrogen-bond donors (Lipinski definition) is 21. The molecular weight excluding hydrogens is 1360 g/mol. The van der Waals surface area contributed by atoms with Gasteiger partial charge in [-0.25, -0.2) is 0 Å². The fourth-order valence-corrected chi connectivity index (χ4v) is 12.5. The zero-order valence-corrected chi connectivity index (χ0v) is 58.2. The topological polar surface area (TPSA) is 624 Å². The normalized spacial score (nSPS) is 31.3. The molecular formula is C61H102N12O29. The molecule has 0 aromatic carbocycles. The van der Waals surface area contributed by atoms with Crippen molar-refractivity contribution in [2.75, 3.05) is 39.5 Å². The largest absolute Gasteiger partial charge is 0.394 e. The highest BCUT2D eigenvalue weighted by Crippen LogP contribution is 2.30. The Bertz CT molecular complexity index is 2930. The third kappa shape index (κ3) is 21.6. The predicted octanol–water partition coefficient (Wildman–Crippen LogP) is -12.2. The molecule has 5 heterocycles. The number of nitrogens with one attached hydrogen (secondary N) is 9. The first-order valence-corrected chi connectivity index (χ1v) is 33.5. The van der Waals surface area contributed by atoms with Gasteiger partial charge in [0.05, 0.1) is 50.8 Å². The fourth-order valence-electron chi connectivity index (χ4n) is 12.5. The van der Waals surface area contributed by atoms with Crippen LogP contribution >= 0.6 is 0 Å². The Kier molecular flexibility index (Phi) is 32.4. The Morgan fingerprint density at radius 3 is 1.17 bits per heavy atom. The minimum absolute atomic E-state index is 0.0431. The monoisotopic (exact) mass is 1470 g/mol. The summed E-state index contributed by atoms with van der Waals surface area (Å²) < 4.78 is 36.1. The van der Waals surface area contributed by atoms with Crippen LogP contribution in [0.5, 0.6) is 0 Å². The summed E-state index contributed by atoms with van der Waals surface area (Å²) in [5.74, 6) is -13.2. The number of primary amides is 1. The highest BCUT2D eigenvalue weighted by atomic mass is 16.7. The van der Waals surface area contributed by atoms with Gasteiger partial charge >= 0.3 is 0 Å². The van der Waals surface area contributed by atoms with Crippen LogP contribution < -0.4 is 53.6 Å². The first-order valence-electron chi connectivity index (χ1n) is 33.5. The quantitative estimate of drug-likeness (QED) is 0.0290. The molecule has 580 valence electrons. The van der Waals surface area contributed by atoms with Crippen molar-refractivity contribution in [2.45, 2.75) is 266 Å². The van der Waals surface area contributed by atoms with Gasteiger partial charge in [-0.2, -0.15) is 0 Å². The molecule has 0 spiro atoms. The third-order valence-corrected chi connectivity index (χ3v) is 18.4. The first kappa shape index (κ1) is 85.6. The fraction of sp³-hybridized carbons (Fsp3) is 0.803. The summed E-state index contributed by atoms with van der Waals surface area (Å²) in [5, 5.41) is 139. The second-order valence-corrected chi connectivity index (χ2v) is 26.1. The molecule has 5 fully saturated rings. The number of nitrogens with two attached hydrogens (primary N) is 1. The van der Waals surface area contributed by atoms with Crippen LogP contribution in [0.3, 0.4) is 0 Å². The van der Waals surface area contributed by atoms with E-state index >= 15 is 14.4 Å². The van der Waals surface area contributed by atoms with Gasteiger partial charge in [-0.15, -0.1) is 0 Å². The second kappa shape index (κ2) is 38.6. The number of ether oxygens (including phenoxy) is 6. The van der Waals surface area contributed by atoms with E-state index < -0.39 is 268 Å². The first-order chi connectivity index (χ1) is 47.9. The lowest BCUT2D eigenvalue weighted by Crippen LogP contribution is -2.68. The number of aliphatic hydroxyl groups excluding tert-OH is 11. The molecule has 5 aliphatic rings. The van der Waals surface area contributed by atoms with Crippen LogP contribution in [0.15, 0.2) is 0 Å². The van der Waals surface area contributed by atoms with Crippen LogP contribution in [0.4, 0.5) is 0 Å². The molecule has 28 atom stereocenters. The van der Waals surface area contributed by atoms with Gasteiger partial charge < -0.3 is 148 Å². The Labute approximate surface area is 586 Å². The SMILES string of the molecule is CC[C@H](C)[C@H](NC(=O)[C@@H]1CCCN1C(=O)[C@@H](NC(=O)[C@@H](NC(=O)[C@@H](NC(=O)[C@@H]1CCCN1C(C)=O)[C@@H](C)O[C@H]1O[C@H](CO)[C@H](O)[C@H](O)[C@H]1NC(C)=O)[C@@H](C)O[C@H]1O[C@H](CO)[C@H](O)[C@H](O)[C@H]1NC(C)=O)[C@@H](C)O[C@H]1O[C@H](CO)[C@H](O)[C@H](O)[C@H]1NC(C)=O)C(=O)N[C@@H](CO)C(=O)N[C@H](C(N)=O)[C@@H](C)O.